The molecule has 5 nitrogen and oxygen atoms in total. The topological polar surface area (TPSA) is 76.2 Å². The summed E-state index contributed by atoms with van der Waals surface area (Å²) in [5.74, 6) is -1.38. The molecule has 1 atom stereocenters. The molecule has 5 aromatic rings. The van der Waals surface area contributed by atoms with Crippen molar-refractivity contribution in [2.24, 2.45) is 0 Å². The number of carbonyl (C=O) groups excluding carboxylic acids is 3. The molecule has 0 saturated carbocycles. The molecule has 36 heavy (non-hydrogen) atoms. The molecule has 0 amide bonds. The van der Waals surface area contributed by atoms with Gasteiger partial charge < -0.3 is 9.72 Å². The molecule has 1 heterocycles. The molecule has 176 valence electrons. The van der Waals surface area contributed by atoms with E-state index in [1.807, 2.05) is 49.4 Å². The van der Waals surface area contributed by atoms with Gasteiger partial charge >= 0.3 is 5.97 Å². The van der Waals surface area contributed by atoms with E-state index < -0.39 is 12.1 Å². The van der Waals surface area contributed by atoms with Crippen LogP contribution >= 0.6 is 0 Å². The van der Waals surface area contributed by atoms with Gasteiger partial charge in [0.05, 0.1) is 5.56 Å². The van der Waals surface area contributed by atoms with Crippen molar-refractivity contribution in [1.82, 2.24) is 4.98 Å². The number of hydrogen-bond acceptors (Lipinski definition) is 4. The summed E-state index contributed by atoms with van der Waals surface area (Å²) in [5.41, 5.74) is 3.61. The van der Waals surface area contributed by atoms with E-state index in [2.05, 4.69) is 4.98 Å². The van der Waals surface area contributed by atoms with E-state index in [0.29, 0.717) is 16.7 Å². The molecule has 0 fully saturated rings. The summed E-state index contributed by atoms with van der Waals surface area (Å²) in [7, 11) is 0. The van der Waals surface area contributed by atoms with Crippen LogP contribution in [0, 0.1) is 6.92 Å². The van der Waals surface area contributed by atoms with E-state index in [9.17, 15) is 14.4 Å². The number of nitrogens with one attached hydrogen (secondary N) is 1. The largest absolute Gasteiger partial charge is 0.445 e. The summed E-state index contributed by atoms with van der Waals surface area (Å²) in [6.45, 7) is 1.94. The Hall–Kier alpha value is -4.77. The molecule has 4 aromatic carbocycles. The van der Waals surface area contributed by atoms with Crippen LogP contribution in [0.4, 0.5) is 0 Å². The molecule has 0 bridgehead atoms. The maximum Gasteiger partial charge on any atom is 0.339 e. The van der Waals surface area contributed by atoms with Crippen LogP contribution in [-0.2, 0) is 4.74 Å². The third-order valence-corrected chi connectivity index (χ3v) is 6.13. The molecule has 5 rings (SSSR count). The van der Waals surface area contributed by atoms with Crippen molar-refractivity contribution in [1.29, 1.82) is 0 Å². The second kappa shape index (κ2) is 9.84. The lowest BCUT2D eigenvalue weighted by Gasteiger charge is -2.18. The third-order valence-electron chi connectivity index (χ3n) is 6.13. The summed E-state index contributed by atoms with van der Waals surface area (Å²) in [4.78, 5) is 43.5. The fourth-order valence-corrected chi connectivity index (χ4v) is 4.21. The summed E-state index contributed by atoms with van der Waals surface area (Å²) in [6.07, 6.45) is 0.450. The zero-order valence-electron chi connectivity index (χ0n) is 19.6. The highest BCUT2D eigenvalue weighted by molar-refractivity contribution is 6.15. The summed E-state index contributed by atoms with van der Waals surface area (Å²) < 4.78 is 5.85. The van der Waals surface area contributed by atoms with Gasteiger partial charge in [0.15, 0.2) is 11.9 Å². The lowest BCUT2D eigenvalue weighted by Crippen LogP contribution is -2.21. The first-order chi connectivity index (χ1) is 17.5. The number of aryl methyl sites for hydroxylation is 1. The molecule has 0 aliphatic rings. The van der Waals surface area contributed by atoms with Gasteiger partial charge in [-0.25, -0.2) is 4.79 Å². The number of ketones is 2. The van der Waals surface area contributed by atoms with Gasteiger partial charge in [-0.05, 0) is 19.1 Å². The van der Waals surface area contributed by atoms with E-state index in [-0.39, 0.29) is 22.7 Å². The van der Waals surface area contributed by atoms with Crippen LogP contribution in [0.1, 0.15) is 53.9 Å². The standard InChI is InChI=1S/C31H23NO4/c1-20-15-17-21(18-16-20)28(33)24-12-5-6-13-25(24)31(35)36-30(22-9-3-2-4-10-22)29(34)26-19-32-27-14-8-7-11-23(26)27/h2-19,30,32H,1H3/t30-/m0/s1. The number of H-pyrrole nitrogens is 1. The van der Waals surface area contributed by atoms with Crippen LogP contribution in [0.25, 0.3) is 10.9 Å². The average Bonchev–Trinajstić information content (AvgIpc) is 3.36. The molecule has 1 N–H and O–H groups in total. The van der Waals surface area contributed by atoms with Crippen LogP contribution in [0.5, 0.6) is 0 Å². The highest BCUT2D eigenvalue weighted by Crippen LogP contribution is 2.29. The van der Waals surface area contributed by atoms with Gasteiger partial charge in [-0.1, -0.05) is 96.6 Å². The molecule has 0 unspecified atom stereocenters. The first kappa shape index (κ1) is 23.0. The molecule has 0 aliphatic heterocycles. The maximum absolute atomic E-state index is 13.7. The first-order valence-electron chi connectivity index (χ1n) is 11.6. The Balaban J connectivity index is 1.51. The SMILES string of the molecule is Cc1ccc(C(=O)c2ccccc2C(=O)O[C@H](C(=O)c2c[nH]c3ccccc23)c2ccccc2)cc1. The second-order valence-corrected chi connectivity index (χ2v) is 8.55. The number of fused-ring (bicyclic) bond motifs is 1. The predicted molar refractivity (Wildman–Crippen MR) is 138 cm³/mol. The van der Waals surface area contributed by atoms with Crippen LogP contribution in [0.3, 0.4) is 0 Å². The van der Waals surface area contributed by atoms with Gasteiger partial charge in [-0.15, -0.1) is 0 Å². The van der Waals surface area contributed by atoms with Gasteiger partial charge in [-0.2, -0.15) is 0 Å². The van der Waals surface area contributed by atoms with Crippen molar-refractivity contribution < 1.29 is 19.1 Å². The van der Waals surface area contributed by atoms with Gasteiger partial charge in [0.2, 0.25) is 5.78 Å². The molecule has 5 heteroatoms. The van der Waals surface area contributed by atoms with Gasteiger partial charge in [0, 0.05) is 39.4 Å². The number of carbonyl (C=O) groups is 3. The van der Waals surface area contributed by atoms with Gasteiger partial charge in [0.25, 0.3) is 0 Å². The van der Waals surface area contributed by atoms with E-state index in [1.54, 1.807) is 66.9 Å². The molecule has 0 radical (unpaired) electrons. The number of hydrogen-bond donors (Lipinski definition) is 1. The Morgan fingerprint density at radius 3 is 2.08 bits per heavy atom. The van der Waals surface area contributed by atoms with E-state index >= 15 is 0 Å². The Bertz CT molecular complexity index is 1570. The van der Waals surface area contributed by atoms with Crippen molar-refractivity contribution in [2.45, 2.75) is 13.0 Å². The van der Waals surface area contributed by atoms with Crippen LogP contribution in [0.2, 0.25) is 0 Å². The van der Waals surface area contributed by atoms with Crippen molar-refractivity contribution in [2.75, 3.05) is 0 Å². The van der Waals surface area contributed by atoms with Crippen LogP contribution in [-0.4, -0.2) is 22.5 Å². The minimum Gasteiger partial charge on any atom is -0.445 e. The van der Waals surface area contributed by atoms with Crippen molar-refractivity contribution in [3.63, 3.8) is 0 Å². The van der Waals surface area contributed by atoms with Crippen LogP contribution < -0.4 is 0 Å². The number of aromatic amines is 1. The minimum atomic E-state index is -1.18. The quantitative estimate of drug-likeness (QED) is 0.217. The molecule has 0 spiro atoms. The van der Waals surface area contributed by atoms with E-state index in [0.717, 1.165) is 16.5 Å². The van der Waals surface area contributed by atoms with Crippen LogP contribution in [0.15, 0.2) is 109 Å². The van der Waals surface area contributed by atoms with E-state index in [4.69, 9.17) is 4.74 Å². The Morgan fingerprint density at radius 1 is 0.694 bits per heavy atom. The van der Waals surface area contributed by atoms with Gasteiger partial charge in [-0.3, -0.25) is 9.59 Å². The number of rotatable bonds is 7. The molecular weight excluding hydrogens is 450 g/mol. The zero-order chi connectivity index (χ0) is 25.1. The lowest BCUT2D eigenvalue weighted by molar-refractivity contribution is 0.0279. The smallest absolute Gasteiger partial charge is 0.339 e. The number of aromatic nitrogens is 1. The van der Waals surface area contributed by atoms with Crippen molar-refractivity contribution in [3.05, 3.63) is 143 Å². The summed E-state index contributed by atoms with van der Waals surface area (Å²) in [5, 5.41) is 0.745. The maximum atomic E-state index is 13.7. The number of benzene rings is 4. The molecule has 1 aromatic heterocycles. The monoisotopic (exact) mass is 473 g/mol. The predicted octanol–water partition coefficient (Wildman–Crippen LogP) is 6.49. The Labute approximate surface area is 208 Å². The fourth-order valence-electron chi connectivity index (χ4n) is 4.21. The Morgan fingerprint density at radius 2 is 1.33 bits per heavy atom. The minimum absolute atomic E-state index is 0.107. The lowest BCUT2D eigenvalue weighted by atomic mass is 9.97. The first-order valence-corrected chi connectivity index (χ1v) is 11.6. The molecular formula is C31H23NO4. The summed E-state index contributed by atoms with van der Waals surface area (Å²) in [6, 6.07) is 30.0. The highest BCUT2D eigenvalue weighted by Gasteiger charge is 2.30. The zero-order valence-corrected chi connectivity index (χ0v) is 19.6. The fraction of sp³-hybridized carbons (Fsp3) is 0.0645. The second-order valence-electron chi connectivity index (χ2n) is 8.55. The summed E-state index contributed by atoms with van der Waals surface area (Å²) >= 11 is 0. The average molecular weight is 474 g/mol. The van der Waals surface area contributed by atoms with E-state index in [1.165, 1.54) is 0 Å². The highest BCUT2D eigenvalue weighted by atomic mass is 16.5. The Kier molecular flexibility index (Phi) is 6.29. The third kappa shape index (κ3) is 4.46. The van der Waals surface area contributed by atoms with Gasteiger partial charge in [0.1, 0.15) is 0 Å². The van der Waals surface area contributed by atoms with Crippen molar-refractivity contribution >= 4 is 28.4 Å². The molecule has 0 aliphatic carbocycles. The van der Waals surface area contributed by atoms with Crippen molar-refractivity contribution in [3.8, 4) is 0 Å². The normalized spacial score (nSPS) is 11.7. The molecule has 0 saturated heterocycles. The number of Topliss-reactive ketones (excluding diaryl/α,β-unsaturated/α-hetero) is 1. The number of para-hydroxylation sites is 1. The number of esters is 1. The number of ether oxygens (including phenoxy) is 1.